The lowest BCUT2D eigenvalue weighted by atomic mass is 9.57. The van der Waals surface area contributed by atoms with Gasteiger partial charge in [-0.25, -0.2) is 0 Å². The third-order valence-corrected chi connectivity index (χ3v) is 22.7. The molecule has 2 saturated carbocycles. The molecule has 0 bridgehead atoms. The van der Waals surface area contributed by atoms with E-state index in [2.05, 4.69) is 94.1 Å². The monoisotopic (exact) mass is 674 g/mol. The van der Waals surface area contributed by atoms with Crippen molar-refractivity contribution in [3.63, 3.8) is 0 Å². The summed E-state index contributed by atoms with van der Waals surface area (Å²) in [6.07, 6.45) is 1.99. The molecule has 46 heavy (non-hydrogen) atoms. The Balaban J connectivity index is 1.70. The maximum Gasteiger partial charge on any atom is 0.311 e. The Kier molecular flexibility index (Phi) is 11.6. The van der Waals surface area contributed by atoms with E-state index < -0.39 is 22.2 Å². The van der Waals surface area contributed by atoms with E-state index in [9.17, 15) is 4.79 Å². The van der Waals surface area contributed by atoms with Crippen molar-refractivity contribution in [1.82, 2.24) is 0 Å². The molecule has 1 aliphatic heterocycles. The van der Waals surface area contributed by atoms with Gasteiger partial charge in [0.25, 0.3) is 0 Å². The molecule has 1 aromatic rings. The van der Waals surface area contributed by atoms with Crippen molar-refractivity contribution in [2.45, 2.75) is 134 Å². The van der Waals surface area contributed by atoms with Gasteiger partial charge in [-0.15, -0.1) is 6.58 Å². The fourth-order valence-corrected chi connectivity index (χ4v) is 15.3. The number of rotatable bonds is 15. The predicted molar refractivity (Wildman–Crippen MR) is 188 cm³/mol. The van der Waals surface area contributed by atoms with Crippen LogP contribution in [-0.4, -0.2) is 67.0 Å². The van der Waals surface area contributed by atoms with E-state index in [1.165, 1.54) is 7.11 Å². The molecule has 0 unspecified atom stereocenters. The molecule has 9 heteroatoms. The van der Waals surface area contributed by atoms with E-state index in [1.54, 1.807) is 0 Å². The maximum atomic E-state index is 13.2. The van der Waals surface area contributed by atoms with Gasteiger partial charge in [-0.05, 0) is 52.7 Å². The minimum Gasteiger partial charge on any atom is -0.469 e. The lowest BCUT2D eigenvalue weighted by molar-refractivity contribution is -0.209. The van der Waals surface area contributed by atoms with Crippen LogP contribution in [0.5, 0.6) is 0 Å². The summed E-state index contributed by atoms with van der Waals surface area (Å²) in [4.78, 5) is 13.2. The SMILES string of the molecule is C=C[C@@H]1[C@@H](O[Si](C(C)C)(C(C)C)C(C)C)[C@H](OCOCc2ccccc2)[C@H]2[C@@H]1O[C@]1(CO[Si](C)(C)C(C)(C)C)[C@@H](C(=O)OC)C[C@H]21. The molecule has 4 rings (SSSR count). The highest BCUT2D eigenvalue weighted by atomic mass is 28.4. The molecule has 2 aliphatic carbocycles. The van der Waals surface area contributed by atoms with Crippen LogP contribution in [0.15, 0.2) is 43.0 Å². The van der Waals surface area contributed by atoms with Crippen LogP contribution >= 0.6 is 0 Å². The minimum absolute atomic E-state index is 0.00966. The summed E-state index contributed by atoms with van der Waals surface area (Å²) in [6, 6.07) is 10.2. The fourth-order valence-electron chi connectivity index (χ4n) is 8.65. The first-order chi connectivity index (χ1) is 21.5. The summed E-state index contributed by atoms with van der Waals surface area (Å²) in [5.41, 5.74) is 1.58. The maximum absolute atomic E-state index is 13.2. The average Bonchev–Trinajstić information content (AvgIpc) is 3.38. The largest absolute Gasteiger partial charge is 0.469 e. The number of carbonyl (C=O) groups is 1. The van der Waals surface area contributed by atoms with E-state index in [0.29, 0.717) is 36.3 Å². The number of ether oxygens (including phenoxy) is 4. The van der Waals surface area contributed by atoms with Crippen molar-refractivity contribution in [3.8, 4) is 0 Å². The third-order valence-electron chi connectivity index (χ3n) is 12.1. The van der Waals surface area contributed by atoms with Gasteiger partial charge >= 0.3 is 5.97 Å². The Morgan fingerprint density at radius 2 is 1.65 bits per heavy atom. The van der Waals surface area contributed by atoms with Gasteiger partial charge in [-0.3, -0.25) is 4.79 Å². The topological polar surface area (TPSA) is 72.5 Å². The number of carbonyl (C=O) groups excluding carboxylic acids is 1. The van der Waals surface area contributed by atoms with Crippen molar-refractivity contribution in [2.24, 2.45) is 23.7 Å². The van der Waals surface area contributed by atoms with Crippen LogP contribution in [0.2, 0.25) is 34.8 Å². The van der Waals surface area contributed by atoms with E-state index in [0.717, 1.165) is 5.56 Å². The summed E-state index contributed by atoms with van der Waals surface area (Å²) in [6.45, 7) is 30.4. The molecule has 3 fully saturated rings. The summed E-state index contributed by atoms with van der Waals surface area (Å²) < 4.78 is 39.8. The second kappa shape index (κ2) is 14.3. The Morgan fingerprint density at radius 1 is 1.04 bits per heavy atom. The van der Waals surface area contributed by atoms with Crippen LogP contribution in [0.4, 0.5) is 0 Å². The van der Waals surface area contributed by atoms with Crippen molar-refractivity contribution in [2.75, 3.05) is 20.5 Å². The molecule has 1 heterocycles. The van der Waals surface area contributed by atoms with Gasteiger partial charge in [0.05, 0.1) is 44.6 Å². The summed E-state index contributed by atoms with van der Waals surface area (Å²) in [5, 5.41) is 0.0287. The van der Waals surface area contributed by atoms with Gasteiger partial charge in [0.15, 0.2) is 8.32 Å². The second-order valence-corrected chi connectivity index (χ2v) is 26.6. The summed E-state index contributed by atoms with van der Waals surface area (Å²) in [7, 11) is -2.96. The van der Waals surface area contributed by atoms with Crippen molar-refractivity contribution < 1.29 is 32.6 Å². The number of hydrogen-bond donors (Lipinski definition) is 0. The van der Waals surface area contributed by atoms with Gasteiger partial charge in [0.2, 0.25) is 8.32 Å². The quantitative estimate of drug-likeness (QED) is 0.0607. The normalized spacial score (nSPS) is 31.2. The standard InChI is InChI=1S/C37H62O7Si2/c1-14-28-32-31(29-20-30(35(38)39-11)37(29,43-32)22-42-45(12,13)36(8,9)10)34(41-23-40-21-27-18-16-15-17-19-27)33(28)44-46(24(2)3,25(4)5)26(6)7/h14-19,24-26,28-34H,1,20-23H2,2-13H3/t28-,29+,30+,31+,32+,33+,34+,37-/m0/s1. The third kappa shape index (κ3) is 6.63. The smallest absolute Gasteiger partial charge is 0.311 e. The van der Waals surface area contributed by atoms with Crippen molar-refractivity contribution in [1.29, 1.82) is 0 Å². The van der Waals surface area contributed by atoms with Gasteiger partial charge in [-0.1, -0.05) is 98.7 Å². The van der Waals surface area contributed by atoms with Gasteiger partial charge in [-0.2, -0.15) is 0 Å². The molecule has 0 amide bonds. The first-order valence-corrected chi connectivity index (χ1v) is 22.5. The lowest BCUT2D eigenvalue weighted by Gasteiger charge is -2.53. The van der Waals surface area contributed by atoms with E-state index in [-0.39, 0.29) is 59.8 Å². The van der Waals surface area contributed by atoms with Gasteiger partial charge in [0, 0.05) is 11.8 Å². The second-order valence-electron chi connectivity index (χ2n) is 16.4. The van der Waals surface area contributed by atoms with E-state index in [4.69, 9.17) is 27.8 Å². The lowest BCUT2D eigenvalue weighted by Crippen LogP contribution is -2.64. The van der Waals surface area contributed by atoms with Crippen LogP contribution in [0, 0.1) is 23.7 Å². The zero-order valence-corrected chi connectivity index (χ0v) is 32.6. The first-order valence-electron chi connectivity index (χ1n) is 17.4. The van der Waals surface area contributed by atoms with Gasteiger partial charge < -0.3 is 27.8 Å². The number of esters is 1. The highest BCUT2D eigenvalue weighted by Gasteiger charge is 2.74. The van der Waals surface area contributed by atoms with E-state index in [1.807, 2.05) is 24.3 Å². The Morgan fingerprint density at radius 3 is 2.17 bits per heavy atom. The molecular formula is C37H62O7Si2. The average molecular weight is 675 g/mol. The molecule has 260 valence electrons. The van der Waals surface area contributed by atoms with Crippen LogP contribution in [-0.2, 0) is 39.2 Å². The summed E-state index contributed by atoms with van der Waals surface area (Å²) in [5.74, 6) is -0.633. The molecule has 0 spiro atoms. The number of methoxy groups -OCH3 is 1. The van der Waals surface area contributed by atoms with Crippen LogP contribution in [0.1, 0.15) is 74.3 Å². The van der Waals surface area contributed by atoms with Crippen molar-refractivity contribution in [3.05, 3.63) is 48.6 Å². The first kappa shape index (κ1) is 37.5. The molecule has 7 nitrogen and oxygen atoms in total. The molecule has 0 N–H and O–H groups in total. The zero-order chi connectivity index (χ0) is 34.2. The number of benzene rings is 1. The molecule has 0 radical (unpaired) electrons. The zero-order valence-electron chi connectivity index (χ0n) is 30.6. The predicted octanol–water partition coefficient (Wildman–Crippen LogP) is 8.51. The molecular weight excluding hydrogens is 613 g/mol. The Hall–Kier alpha value is -1.34. The van der Waals surface area contributed by atoms with Crippen molar-refractivity contribution >= 4 is 22.6 Å². The highest BCUT2D eigenvalue weighted by molar-refractivity contribution is 6.77. The van der Waals surface area contributed by atoms with Crippen LogP contribution in [0.3, 0.4) is 0 Å². The Labute approximate surface area is 281 Å². The molecule has 1 saturated heterocycles. The number of fused-ring (bicyclic) bond motifs is 3. The molecule has 1 aromatic carbocycles. The molecule has 0 aromatic heterocycles. The highest BCUT2D eigenvalue weighted by Crippen LogP contribution is 2.64. The minimum atomic E-state index is -2.30. The van der Waals surface area contributed by atoms with Crippen LogP contribution in [0.25, 0.3) is 0 Å². The van der Waals surface area contributed by atoms with E-state index >= 15 is 0 Å². The summed E-state index contributed by atoms with van der Waals surface area (Å²) >= 11 is 0. The van der Waals surface area contributed by atoms with Crippen LogP contribution < -0.4 is 0 Å². The molecule has 3 aliphatic rings. The number of hydrogen-bond acceptors (Lipinski definition) is 7. The fraction of sp³-hybridized carbons (Fsp3) is 0.757. The van der Waals surface area contributed by atoms with Gasteiger partial charge in [0.1, 0.15) is 12.4 Å². The molecule has 8 atom stereocenters. The Bertz CT molecular complexity index is 1160.